The van der Waals surface area contributed by atoms with Gasteiger partial charge in [-0.15, -0.1) is 0 Å². The van der Waals surface area contributed by atoms with Gasteiger partial charge in [0.25, 0.3) is 0 Å². The third-order valence-corrected chi connectivity index (χ3v) is 3.84. The molecule has 1 aliphatic carbocycles. The summed E-state index contributed by atoms with van der Waals surface area (Å²) < 4.78 is 2.24. The zero-order valence-electron chi connectivity index (χ0n) is 13.6. The molecule has 0 radical (unpaired) electrons. The molecule has 1 heterocycles. The molecule has 0 spiro atoms. The number of carboxylic acid groups (broad SMARTS) is 2. The summed E-state index contributed by atoms with van der Waals surface area (Å²) in [6.07, 6.45) is 4.25. The summed E-state index contributed by atoms with van der Waals surface area (Å²) in [5, 5.41) is 16.4. The van der Waals surface area contributed by atoms with Crippen LogP contribution in [0.2, 0.25) is 5.02 Å². The van der Waals surface area contributed by atoms with Gasteiger partial charge in [0, 0.05) is 47.9 Å². The van der Waals surface area contributed by atoms with Gasteiger partial charge < -0.3 is 20.5 Å². The van der Waals surface area contributed by atoms with E-state index in [9.17, 15) is 9.59 Å². The Balaban J connectivity index is 0.000000242. The highest BCUT2D eigenvalue weighted by molar-refractivity contribution is 6.30. The molecular formula is C18H19ClN2O4. The predicted molar refractivity (Wildman–Crippen MR) is 95.7 cm³/mol. The summed E-state index contributed by atoms with van der Waals surface area (Å²) in [6.45, 7) is 2.88. The molecule has 7 heteroatoms. The van der Waals surface area contributed by atoms with Crippen molar-refractivity contribution in [2.75, 3.05) is 0 Å². The van der Waals surface area contributed by atoms with Crippen LogP contribution in [-0.4, -0.2) is 32.8 Å². The quantitative estimate of drug-likeness (QED) is 0.619. The number of carbonyl (C=O) groups is 2. The van der Waals surface area contributed by atoms with Gasteiger partial charge in [-0.2, -0.15) is 0 Å². The molecule has 0 amide bonds. The molecule has 6 nitrogen and oxygen atoms in total. The van der Waals surface area contributed by atoms with Crippen LogP contribution in [0.25, 0.3) is 11.3 Å². The highest BCUT2D eigenvalue weighted by Gasteiger charge is 2.22. The Hall–Kier alpha value is -2.57. The topological polar surface area (TPSA) is 106 Å². The van der Waals surface area contributed by atoms with E-state index in [2.05, 4.69) is 29.0 Å². The second kappa shape index (κ2) is 8.00. The van der Waals surface area contributed by atoms with E-state index in [1.807, 2.05) is 13.0 Å². The number of fused-ring (bicyclic) bond motifs is 3. The number of nitrogens with two attached hydrogens (primary N) is 1. The third-order valence-electron chi connectivity index (χ3n) is 3.61. The Kier molecular flexibility index (Phi) is 6.01. The lowest BCUT2D eigenvalue weighted by atomic mass is 10.1. The molecule has 0 saturated heterocycles. The first-order valence-electron chi connectivity index (χ1n) is 7.64. The molecule has 3 rings (SSSR count). The minimum Gasteiger partial charge on any atom is -0.478 e. The van der Waals surface area contributed by atoms with Crippen LogP contribution in [0.4, 0.5) is 0 Å². The lowest BCUT2D eigenvalue weighted by Gasteiger charge is -2.11. The molecule has 4 N–H and O–H groups in total. The van der Waals surface area contributed by atoms with Crippen molar-refractivity contribution in [3.63, 3.8) is 0 Å². The molecule has 25 heavy (non-hydrogen) atoms. The van der Waals surface area contributed by atoms with Gasteiger partial charge in [0.15, 0.2) is 0 Å². The molecule has 2 aromatic rings. The van der Waals surface area contributed by atoms with Crippen molar-refractivity contribution in [1.29, 1.82) is 0 Å². The fraction of sp³-hybridized carbons (Fsp3) is 0.222. The number of halogens is 1. The van der Waals surface area contributed by atoms with E-state index in [1.165, 1.54) is 22.4 Å². The monoisotopic (exact) mass is 362 g/mol. The highest BCUT2D eigenvalue weighted by atomic mass is 35.5. The molecule has 0 unspecified atom stereocenters. The molecule has 1 aromatic heterocycles. The number of aromatic nitrogens is 1. The predicted octanol–water partition coefficient (Wildman–Crippen LogP) is 2.77. The van der Waals surface area contributed by atoms with Crippen molar-refractivity contribution in [3.8, 4) is 11.3 Å². The summed E-state index contributed by atoms with van der Waals surface area (Å²) in [6, 6.07) is 8.48. The van der Waals surface area contributed by atoms with Crippen molar-refractivity contribution in [2.45, 2.75) is 25.9 Å². The number of hydrogen-bond acceptors (Lipinski definition) is 3. The van der Waals surface area contributed by atoms with E-state index in [0.717, 1.165) is 18.0 Å². The van der Waals surface area contributed by atoms with Crippen LogP contribution in [-0.2, 0) is 22.6 Å². The molecule has 132 valence electrons. The lowest BCUT2D eigenvalue weighted by molar-refractivity contribution is -0.134. The Morgan fingerprint density at radius 1 is 1.24 bits per heavy atom. The van der Waals surface area contributed by atoms with Crippen LogP contribution in [0, 0.1) is 0 Å². The summed E-state index contributed by atoms with van der Waals surface area (Å²) in [5.74, 6) is -2.51. The van der Waals surface area contributed by atoms with Crippen LogP contribution in [0.1, 0.15) is 18.1 Å². The number of aliphatic carboxylic acids is 2. The minimum absolute atomic E-state index is 0.162. The largest absolute Gasteiger partial charge is 0.478 e. The lowest BCUT2D eigenvalue weighted by Crippen LogP contribution is -2.22. The van der Waals surface area contributed by atoms with Crippen molar-refractivity contribution in [2.24, 2.45) is 5.73 Å². The number of hydrogen-bond donors (Lipinski definition) is 3. The second-order valence-corrected chi connectivity index (χ2v) is 6.24. The van der Waals surface area contributed by atoms with E-state index in [-0.39, 0.29) is 6.04 Å². The van der Waals surface area contributed by atoms with E-state index in [1.54, 1.807) is 0 Å². The maximum atomic E-state index is 9.55. The van der Waals surface area contributed by atoms with Gasteiger partial charge in [-0.25, -0.2) is 9.59 Å². The molecule has 0 bridgehead atoms. The van der Waals surface area contributed by atoms with Gasteiger partial charge in [0.2, 0.25) is 0 Å². The van der Waals surface area contributed by atoms with Crippen molar-refractivity contribution < 1.29 is 19.8 Å². The molecule has 1 aliphatic rings. The molecule has 0 aliphatic heterocycles. The average Bonchev–Trinajstić information content (AvgIpc) is 3.05. The zero-order valence-corrected chi connectivity index (χ0v) is 14.4. The van der Waals surface area contributed by atoms with Gasteiger partial charge in [-0.05, 0) is 36.2 Å². The second-order valence-electron chi connectivity index (χ2n) is 5.81. The van der Waals surface area contributed by atoms with E-state index >= 15 is 0 Å². The van der Waals surface area contributed by atoms with Crippen LogP contribution >= 0.6 is 11.6 Å². The normalized spacial score (nSPS) is 12.9. The molecular weight excluding hydrogens is 344 g/mol. The first-order chi connectivity index (χ1) is 11.8. The average molecular weight is 363 g/mol. The molecule has 0 fully saturated rings. The maximum absolute atomic E-state index is 9.55. The van der Waals surface area contributed by atoms with E-state index < -0.39 is 11.9 Å². The third kappa shape index (κ3) is 4.95. The number of nitrogens with zero attached hydrogens (tertiary/aromatic N) is 1. The number of carboxylic acids is 2. The first kappa shape index (κ1) is 18.8. The van der Waals surface area contributed by atoms with E-state index in [4.69, 9.17) is 27.5 Å². The van der Waals surface area contributed by atoms with Gasteiger partial charge in [-0.1, -0.05) is 17.7 Å². The zero-order chi connectivity index (χ0) is 18.6. The summed E-state index contributed by atoms with van der Waals surface area (Å²) in [7, 11) is 0. The van der Waals surface area contributed by atoms with Crippen LogP contribution < -0.4 is 5.73 Å². The van der Waals surface area contributed by atoms with Gasteiger partial charge in [-0.3, -0.25) is 0 Å². The maximum Gasteiger partial charge on any atom is 0.328 e. The van der Waals surface area contributed by atoms with E-state index in [0.29, 0.717) is 12.2 Å². The Morgan fingerprint density at radius 2 is 1.88 bits per heavy atom. The smallest absolute Gasteiger partial charge is 0.328 e. The Morgan fingerprint density at radius 3 is 2.44 bits per heavy atom. The Bertz CT molecular complexity index is 808. The standard InChI is InChI=1S/C14H15ClN2.C4H4O4/c1-9(16)8-17-5-4-11-6-10-2-3-12(15)7-13(10)14(11)17;5-3(6)1-2-4(7)8/h2-5,7,9H,6,8,16H2,1H3;1-2H,(H,5,6)(H,7,8)/t9-;/m0./s1. The molecule has 1 aromatic carbocycles. The van der Waals surface area contributed by atoms with Crippen molar-refractivity contribution >= 4 is 23.5 Å². The van der Waals surface area contributed by atoms with Gasteiger partial charge >= 0.3 is 11.9 Å². The number of benzene rings is 1. The SMILES string of the molecule is C[C@H](N)Cn1ccc2c1-c1cc(Cl)ccc1C2.O=C(O)C=CC(=O)O. The van der Waals surface area contributed by atoms with Crippen LogP contribution in [0.3, 0.4) is 0 Å². The van der Waals surface area contributed by atoms with Crippen molar-refractivity contribution in [1.82, 2.24) is 4.57 Å². The van der Waals surface area contributed by atoms with Crippen LogP contribution in [0.15, 0.2) is 42.6 Å². The van der Waals surface area contributed by atoms with Gasteiger partial charge in [0.05, 0.1) is 5.69 Å². The summed E-state index contributed by atoms with van der Waals surface area (Å²) in [5.41, 5.74) is 11.2. The summed E-state index contributed by atoms with van der Waals surface area (Å²) >= 11 is 6.08. The minimum atomic E-state index is -1.26. The van der Waals surface area contributed by atoms with Crippen molar-refractivity contribution in [3.05, 3.63) is 58.8 Å². The fourth-order valence-corrected chi connectivity index (χ4v) is 2.89. The fourth-order valence-electron chi connectivity index (χ4n) is 2.72. The first-order valence-corrected chi connectivity index (χ1v) is 8.02. The highest BCUT2D eigenvalue weighted by Crippen LogP contribution is 2.38. The molecule has 0 saturated carbocycles. The van der Waals surface area contributed by atoms with Gasteiger partial charge in [0.1, 0.15) is 0 Å². The van der Waals surface area contributed by atoms with Crippen LogP contribution in [0.5, 0.6) is 0 Å². The number of rotatable bonds is 4. The molecule has 1 atom stereocenters. The Labute approximate surface area is 150 Å². The summed E-state index contributed by atoms with van der Waals surface area (Å²) in [4.78, 5) is 19.1.